The van der Waals surface area contributed by atoms with Gasteiger partial charge in [0, 0.05) is 23.7 Å². The first-order valence-corrected chi connectivity index (χ1v) is 15.0. The van der Waals surface area contributed by atoms with Crippen LogP contribution < -0.4 is 5.32 Å². The Morgan fingerprint density at radius 2 is 1.63 bits per heavy atom. The van der Waals surface area contributed by atoms with Crippen LogP contribution in [0.1, 0.15) is 90.8 Å². The molecule has 3 N–H and O–H groups in total. The molecule has 0 bridgehead atoms. The van der Waals surface area contributed by atoms with Crippen LogP contribution in [0.25, 0.3) is 11.1 Å². The topological polar surface area (TPSA) is 121 Å². The number of carbonyl (C=O) groups excluding carboxylic acids is 2. The van der Waals surface area contributed by atoms with Crippen molar-refractivity contribution in [1.29, 1.82) is 0 Å². The van der Waals surface area contributed by atoms with Crippen LogP contribution in [0.5, 0.6) is 0 Å². The van der Waals surface area contributed by atoms with Gasteiger partial charge in [0.1, 0.15) is 17.9 Å². The van der Waals surface area contributed by atoms with Gasteiger partial charge in [0.2, 0.25) is 0 Å². The Balaban J connectivity index is 1.38. The highest BCUT2D eigenvalue weighted by Crippen LogP contribution is 2.44. The van der Waals surface area contributed by atoms with Gasteiger partial charge in [-0.1, -0.05) is 48.5 Å². The fraction of sp³-hybridized carbons (Fsp3) is 0.441. The van der Waals surface area contributed by atoms with Crippen molar-refractivity contribution in [2.45, 2.75) is 90.4 Å². The molecule has 9 heteroatoms. The van der Waals surface area contributed by atoms with Crippen molar-refractivity contribution in [3.05, 3.63) is 82.2 Å². The molecule has 1 saturated carbocycles. The fourth-order valence-electron chi connectivity index (χ4n) is 6.48. The van der Waals surface area contributed by atoms with Crippen LogP contribution in [0, 0.1) is 13.8 Å². The van der Waals surface area contributed by atoms with Crippen molar-refractivity contribution in [2.75, 3.05) is 6.61 Å². The van der Waals surface area contributed by atoms with E-state index in [-0.39, 0.29) is 36.8 Å². The van der Waals surface area contributed by atoms with E-state index in [0.717, 1.165) is 47.1 Å². The smallest absolute Gasteiger partial charge is 0.410 e. The largest absolute Gasteiger partial charge is 0.477 e. The Kier molecular flexibility index (Phi) is 8.53. The Labute approximate surface area is 252 Å². The summed E-state index contributed by atoms with van der Waals surface area (Å²) in [7, 11) is 0. The van der Waals surface area contributed by atoms with Gasteiger partial charge in [-0.3, -0.25) is 0 Å². The van der Waals surface area contributed by atoms with Crippen LogP contribution in [0.3, 0.4) is 0 Å². The van der Waals surface area contributed by atoms with Crippen LogP contribution in [-0.2, 0) is 16.0 Å². The summed E-state index contributed by atoms with van der Waals surface area (Å²) >= 11 is 0. The van der Waals surface area contributed by atoms with Crippen molar-refractivity contribution in [1.82, 2.24) is 15.2 Å². The van der Waals surface area contributed by atoms with Gasteiger partial charge >= 0.3 is 18.2 Å². The second-order valence-electron chi connectivity index (χ2n) is 12.6. The second-order valence-corrected chi connectivity index (χ2v) is 12.6. The minimum absolute atomic E-state index is 0.0829. The van der Waals surface area contributed by atoms with Crippen LogP contribution in [0.15, 0.2) is 48.5 Å². The maximum absolute atomic E-state index is 14.0. The minimum atomic E-state index is -1.04. The first-order valence-electron chi connectivity index (χ1n) is 15.0. The third-order valence-electron chi connectivity index (χ3n) is 8.51. The summed E-state index contributed by atoms with van der Waals surface area (Å²) in [6.07, 6.45) is 1.93. The number of nitrogens with zero attached hydrogens (tertiary/aromatic N) is 1. The van der Waals surface area contributed by atoms with Crippen molar-refractivity contribution in [3.8, 4) is 11.1 Å². The molecular formula is C34H41N3O6. The van der Waals surface area contributed by atoms with Gasteiger partial charge in [0.15, 0.2) is 0 Å². The van der Waals surface area contributed by atoms with Crippen LogP contribution in [0.2, 0.25) is 0 Å². The predicted molar refractivity (Wildman–Crippen MR) is 163 cm³/mol. The van der Waals surface area contributed by atoms with Gasteiger partial charge < -0.3 is 29.8 Å². The molecule has 0 unspecified atom stereocenters. The highest BCUT2D eigenvalue weighted by atomic mass is 16.6. The number of ether oxygens (including phenoxy) is 2. The van der Waals surface area contributed by atoms with Crippen LogP contribution in [-0.4, -0.2) is 57.4 Å². The number of hydrogen-bond donors (Lipinski definition) is 3. The summed E-state index contributed by atoms with van der Waals surface area (Å²) in [4.78, 5) is 43.0. The number of nitrogens with one attached hydrogen (secondary N) is 2. The summed E-state index contributed by atoms with van der Waals surface area (Å²) in [5, 5.41) is 12.7. The lowest BCUT2D eigenvalue weighted by Crippen LogP contribution is -2.48. The maximum Gasteiger partial charge on any atom is 0.410 e. The number of H-pyrrole nitrogens is 1. The van der Waals surface area contributed by atoms with E-state index in [9.17, 15) is 19.5 Å². The van der Waals surface area contributed by atoms with Crippen molar-refractivity contribution >= 4 is 18.2 Å². The Morgan fingerprint density at radius 1 is 1.00 bits per heavy atom. The molecule has 5 rings (SSSR count). The average molecular weight is 588 g/mol. The maximum atomic E-state index is 14.0. The zero-order chi connectivity index (χ0) is 30.9. The predicted octanol–water partition coefficient (Wildman–Crippen LogP) is 6.92. The zero-order valence-electron chi connectivity index (χ0n) is 25.5. The molecule has 0 radical (unpaired) electrons. The highest BCUT2D eigenvalue weighted by Gasteiger charge is 2.35. The van der Waals surface area contributed by atoms with Gasteiger partial charge in [-0.2, -0.15) is 0 Å². The number of aryl methyl sites for hydroxylation is 1. The number of aromatic carboxylic acids is 1. The molecule has 228 valence electrons. The molecule has 1 heterocycles. The normalized spacial score (nSPS) is 18.0. The lowest BCUT2D eigenvalue weighted by atomic mass is 9.89. The van der Waals surface area contributed by atoms with Gasteiger partial charge in [0.05, 0.1) is 6.54 Å². The summed E-state index contributed by atoms with van der Waals surface area (Å²) in [6, 6.07) is 16.0. The van der Waals surface area contributed by atoms with E-state index in [2.05, 4.69) is 34.6 Å². The van der Waals surface area contributed by atoms with Gasteiger partial charge in [-0.05, 0) is 93.7 Å². The number of carboxylic acids is 1. The number of fused-ring (bicyclic) bond motifs is 3. The Morgan fingerprint density at radius 3 is 2.21 bits per heavy atom. The number of aromatic amines is 1. The molecule has 0 spiro atoms. The number of benzene rings is 2. The SMILES string of the molecule is Cc1[nH]c(C(=O)O)c(C)c1CN(C(=O)OCC1c2ccccc2-c2ccccc21)[C@@H]1CCC[C@@H](NC(=O)OC(C)(C)C)C1. The molecule has 0 aliphatic heterocycles. The molecule has 2 atom stereocenters. The Hall–Kier alpha value is -4.27. The van der Waals surface area contributed by atoms with Crippen LogP contribution >= 0.6 is 0 Å². The van der Waals surface area contributed by atoms with Crippen molar-refractivity contribution in [2.24, 2.45) is 0 Å². The number of hydrogen-bond acceptors (Lipinski definition) is 5. The molecule has 2 aliphatic rings. The molecule has 2 amide bonds. The van der Waals surface area contributed by atoms with Crippen LogP contribution in [0.4, 0.5) is 9.59 Å². The van der Waals surface area contributed by atoms with Gasteiger partial charge in [-0.15, -0.1) is 0 Å². The molecule has 3 aromatic rings. The number of amides is 2. The van der Waals surface area contributed by atoms with E-state index in [1.165, 1.54) is 0 Å². The van der Waals surface area contributed by atoms with Crippen molar-refractivity contribution in [3.63, 3.8) is 0 Å². The van der Waals surface area contributed by atoms with E-state index in [1.54, 1.807) is 11.8 Å². The molecular weight excluding hydrogens is 546 g/mol. The number of carboxylic acid groups (broad SMARTS) is 1. The first-order chi connectivity index (χ1) is 20.4. The number of alkyl carbamates (subject to hydrolysis) is 1. The molecule has 9 nitrogen and oxygen atoms in total. The summed E-state index contributed by atoms with van der Waals surface area (Å²) in [5.74, 6) is -1.13. The van der Waals surface area contributed by atoms with Gasteiger partial charge in [-0.25, -0.2) is 14.4 Å². The van der Waals surface area contributed by atoms with E-state index in [0.29, 0.717) is 17.7 Å². The molecule has 2 aromatic carbocycles. The molecule has 0 saturated heterocycles. The molecule has 2 aliphatic carbocycles. The first kappa shape index (κ1) is 30.2. The second kappa shape index (κ2) is 12.1. The minimum Gasteiger partial charge on any atom is -0.477 e. The summed E-state index contributed by atoms with van der Waals surface area (Å²) < 4.78 is 11.6. The van der Waals surface area contributed by atoms with E-state index in [1.807, 2.05) is 52.0 Å². The van der Waals surface area contributed by atoms with Crippen molar-refractivity contribution < 1.29 is 29.0 Å². The lowest BCUT2D eigenvalue weighted by Gasteiger charge is -2.37. The van der Waals surface area contributed by atoms with Gasteiger partial charge in [0.25, 0.3) is 0 Å². The number of aromatic nitrogens is 1. The van der Waals surface area contributed by atoms with E-state index >= 15 is 0 Å². The molecule has 1 aromatic heterocycles. The molecule has 43 heavy (non-hydrogen) atoms. The lowest BCUT2D eigenvalue weighted by molar-refractivity contribution is 0.0449. The monoisotopic (exact) mass is 587 g/mol. The zero-order valence-corrected chi connectivity index (χ0v) is 25.5. The number of rotatable bonds is 7. The number of carbonyl (C=O) groups is 3. The van der Waals surface area contributed by atoms with E-state index < -0.39 is 23.8 Å². The standard InChI is InChI=1S/C34H41N3O6/c1-20-28(21(2)35-30(20)31(38)39)18-37(23-12-10-11-22(17-23)36-32(40)43-34(3,4)5)33(41)42-19-29-26-15-8-6-13-24(26)25-14-7-9-16-27(25)29/h6-9,13-16,22-23,29,35H,10-12,17-19H2,1-5H3,(H,36,40)(H,38,39)/t22-,23-/m1/s1. The van der Waals surface area contributed by atoms with E-state index in [4.69, 9.17) is 9.47 Å². The summed E-state index contributed by atoms with van der Waals surface area (Å²) in [6.45, 7) is 9.42. The highest BCUT2D eigenvalue weighted by molar-refractivity contribution is 5.88. The average Bonchev–Trinajstić information content (AvgIpc) is 3.42. The summed E-state index contributed by atoms with van der Waals surface area (Å²) in [5.41, 5.74) is 6.12. The third kappa shape index (κ3) is 6.55. The quantitative estimate of drug-likeness (QED) is 0.276. The third-order valence-corrected chi connectivity index (χ3v) is 8.51. The fourth-order valence-corrected chi connectivity index (χ4v) is 6.48. The molecule has 1 fully saturated rings. The Bertz CT molecular complexity index is 1480.